The second-order valence-corrected chi connectivity index (χ2v) is 6.82. The molecule has 2 nitrogen and oxygen atoms in total. The van der Waals surface area contributed by atoms with E-state index in [2.05, 4.69) is 58.5 Å². The Morgan fingerprint density at radius 2 is 1.35 bits per heavy atom. The van der Waals surface area contributed by atoms with Gasteiger partial charge in [0.2, 0.25) is 0 Å². The number of nitrogens with zero attached hydrogens (tertiary/aromatic N) is 1. The number of rotatable bonds is 5. The molecular weight excluding hydrogens is 284 g/mol. The highest BCUT2D eigenvalue weighted by Gasteiger charge is 2.17. The van der Waals surface area contributed by atoms with E-state index in [0.717, 1.165) is 5.82 Å². The highest BCUT2D eigenvalue weighted by atomic mass is 32.2. The van der Waals surface area contributed by atoms with Crippen molar-refractivity contribution in [3.8, 4) is 0 Å². The first-order valence-corrected chi connectivity index (χ1v) is 8.10. The van der Waals surface area contributed by atoms with Crippen molar-refractivity contribution in [3.63, 3.8) is 0 Å². The average molecular weight is 298 g/mol. The summed E-state index contributed by atoms with van der Waals surface area (Å²) in [7, 11) is 0. The summed E-state index contributed by atoms with van der Waals surface area (Å²) in [5.74, 6) is 0.993. The molecule has 0 saturated carbocycles. The van der Waals surface area contributed by atoms with Crippen molar-refractivity contribution in [2.45, 2.75) is 14.4 Å². The summed E-state index contributed by atoms with van der Waals surface area (Å²) in [5.41, 5.74) is 0. The zero-order valence-corrected chi connectivity index (χ0v) is 12.4. The molecule has 4 heteroatoms. The van der Waals surface area contributed by atoms with Gasteiger partial charge in [-0.25, -0.2) is 4.98 Å². The summed E-state index contributed by atoms with van der Waals surface area (Å²) in [4.78, 5) is 10.1. The molecule has 0 spiro atoms. The van der Waals surface area contributed by atoms with E-state index >= 15 is 0 Å². The van der Waals surface area contributed by atoms with Gasteiger partial charge in [0.25, 0.3) is 0 Å². The van der Waals surface area contributed by atoms with E-state index < -0.39 is 0 Å². The molecule has 1 heterocycles. The first kappa shape index (κ1) is 13.3. The predicted octanol–water partition coefficient (Wildman–Crippen LogP) is 4.99. The quantitative estimate of drug-likeness (QED) is 0.531. The van der Waals surface area contributed by atoms with Crippen LogP contribution in [0.5, 0.6) is 0 Å². The number of H-pyrrole nitrogens is 1. The van der Waals surface area contributed by atoms with Gasteiger partial charge < -0.3 is 4.98 Å². The molecule has 0 amide bonds. The van der Waals surface area contributed by atoms with Crippen LogP contribution in [0.1, 0.15) is 10.4 Å². The normalized spacial score (nSPS) is 10.8. The van der Waals surface area contributed by atoms with Crippen LogP contribution in [0, 0.1) is 0 Å². The van der Waals surface area contributed by atoms with Gasteiger partial charge in [-0.1, -0.05) is 36.4 Å². The van der Waals surface area contributed by atoms with Crippen molar-refractivity contribution in [1.82, 2.24) is 9.97 Å². The number of benzene rings is 2. The van der Waals surface area contributed by atoms with E-state index in [0.29, 0.717) is 0 Å². The topological polar surface area (TPSA) is 28.7 Å². The fourth-order valence-corrected chi connectivity index (χ4v) is 4.25. The molecule has 2 aromatic carbocycles. The van der Waals surface area contributed by atoms with Crippen molar-refractivity contribution >= 4 is 23.5 Å². The van der Waals surface area contributed by atoms with Gasteiger partial charge in [0.15, 0.2) is 0 Å². The smallest absolute Gasteiger partial charge is 0.130 e. The SMILES string of the molecule is c1ccc(SC(Sc2ccccc2)c2ncc[nH]2)cc1. The molecule has 1 N–H and O–H groups in total. The Hall–Kier alpha value is -1.65. The lowest BCUT2D eigenvalue weighted by Crippen LogP contribution is -1.92. The van der Waals surface area contributed by atoms with E-state index in [-0.39, 0.29) is 4.58 Å². The Morgan fingerprint density at radius 1 is 0.800 bits per heavy atom. The van der Waals surface area contributed by atoms with Gasteiger partial charge in [0.1, 0.15) is 10.4 Å². The second-order valence-electron chi connectivity index (χ2n) is 4.17. The van der Waals surface area contributed by atoms with Gasteiger partial charge in [-0.05, 0) is 24.3 Å². The molecule has 20 heavy (non-hydrogen) atoms. The van der Waals surface area contributed by atoms with Gasteiger partial charge in [0, 0.05) is 22.2 Å². The van der Waals surface area contributed by atoms with Crippen LogP contribution in [0.15, 0.2) is 82.8 Å². The maximum Gasteiger partial charge on any atom is 0.130 e. The van der Waals surface area contributed by atoms with E-state index in [1.54, 1.807) is 6.20 Å². The van der Waals surface area contributed by atoms with Crippen LogP contribution in [-0.2, 0) is 0 Å². The lowest BCUT2D eigenvalue weighted by Gasteiger charge is -2.14. The summed E-state index contributed by atoms with van der Waals surface area (Å²) in [6.45, 7) is 0. The third-order valence-corrected chi connectivity index (χ3v) is 5.26. The molecule has 3 aromatic rings. The van der Waals surface area contributed by atoms with Gasteiger partial charge >= 0.3 is 0 Å². The Labute approximate surface area is 127 Å². The van der Waals surface area contributed by atoms with Crippen molar-refractivity contribution < 1.29 is 0 Å². The van der Waals surface area contributed by atoms with Crippen molar-refractivity contribution in [1.29, 1.82) is 0 Å². The van der Waals surface area contributed by atoms with Crippen LogP contribution in [0.4, 0.5) is 0 Å². The van der Waals surface area contributed by atoms with Gasteiger partial charge in [0.05, 0.1) is 0 Å². The first-order valence-electron chi connectivity index (χ1n) is 6.34. The Balaban J connectivity index is 1.81. The summed E-state index contributed by atoms with van der Waals surface area (Å²) in [6, 6.07) is 20.9. The first-order chi connectivity index (χ1) is 9.92. The second kappa shape index (κ2) is 6.68. The summed E-state index contributed by atoms with van der Waals surface area (Å²) >= 11 is 3.62. The number of nitrogens with one attached hydrogen (secondary N) is 1. The number of aromatic nitrogens is 2. The minimum atomic E-state index is 0.217. The highest BCUT2D eigenvalue weighted by Crippen LogP contribution is 2.45. The average Bonchev–Trinajstić information content (AvgIpc) is 3.03. The molecule has 0 saturated heterocycles. The van der Waals surface area contributed by atoms with E-state index in [9.17, 15) is 0 Å². The number of hydrogen-bond donors (Lipinski definition) is 1. The molecule has 0 aliphatic rings. The maximum absolute atomic E-state index is 4.41. The number of hydrogen-bond acceptors (Lipinski definition) is 3. The fraction of sp³-hybridized carbons (Fsp3) is 0.0625. The molecule has 0 radical (unpaired) electrons. The molecule has 0 unspecified atom stereocenters. The highest BCUT2D eigenvalue weighted by molar-refractivity contribution is 8.16. The van der Waals surface area contributed by atoms with Gasteiger partial charge in [-0.15, -0.1) is 23.5 Å². The summed E-state index contributed by atoms with van der Waals surface area (Å²) in [5, 5.41) is 0. The van der Waals surface area contributed by atoms with E-state index in [4.69, 9.17) is 0 Å². The minimum Gasteiger partial charge on any atom is -0.347 e. The third kappa shape index (κ3) is 3.46. The van der Waals surface area contributed by atoms with Crippen LogP contribution < -0.4 is 0 Å². The maximum atomic E-state index is 4.41. The molecule has 0 aliphatic carbocycles. The Morgan fingerprint density at radius 3 is 1.80 bits per heavy atom. The summed E-state index contributed by atoms with van der Waals surface area (Å²) in [6.07, 6.45) is 3.68. The zero-order valence-electron chi connectivity index (χ0n) is 10.8. The van der Waals surface area contributed by atoms with Crippen molar-refractivity contribution in [2.24, 2.45) is 0 Å². The lowest BCUT2D eigenvalue weighted by molar-refractivity contribution is 1.10. The van der Waals surface area contributed by atoms with Crippen LogP contribution in [-0.4, -0.2) is 9.97 Å². The molecule has 0 fully saturated rings. The van der Waals surface area contributed by atoms with Gasteiger partial charge in [-0.2, -0.15) is 0 Å². The standard InChI is InChI=1S/C16H14N2S2/c1-3-7-13(8-4-1)19-16(15-17-11-12-18-15)20-14-9-5-2-6-10-14/h1-12,16H,(H,17,18). The van der Waals surface area contributed by atoms with Gasteiger partial charge in [-0.3, -0.25) is 0 Å². The molecular formula is C16H14N2S2. The molecule has 1 aromatic heterocycles. The number of thioether (sulfide) groups is 2. The third-order valence-electron chi connectivity index (χ3n) is 2.72. The summed E-state index contributed by atoms with van der Waals surface area (Å²) < 4.78 is 0.217. The van der Waals surface area contributed by atoms with Crippen LogP contribution in [0.25, 0.3) is 0 Å². The molecule has 3 rings (SSSR count). The number of imidazole rings is 1. The minimum absolute atomic E-state index is 0.217. The number of aromatic amines is 1. The van der Waals surface area contributed by atoms with Crippen LogP contribution >= 0.6 is 23.5 Å². The molecule has 0 aliphatic heterocycles. The Bertz CT molecular complexity index is 583. The van der Waals surface area contributed by atoms with Crippen LogP contribution in [0.2, 0.25) is 0 Å². The van der Waals surface area contributed by atoms with Crippen molar-refractivity contribution in [2.75, 3.05) is 0 Å². The zero-order chi connectivity index (χ0) is 13.6. The lowest BCUT2D eigenvalue weighted by atomic mass is 10.4. The largest absolute Gasteiger partial charge is 0.347 e. The fourth-order valence-electron chi connectivity index (χ4n) is 1.79. The van der Waals surface area contributed by atoms with E-state index in [1.165, 1.54) is 9.79 Å². The van der Waals surface area contributed by atoms with Crippen molar-refractivity contribution in [3.05, 3.63) is 78.9 Å². The molecule has 100 valence electrons. The van der Waals surface area contributed by atoms with E-state index in [1.807, 2.05) is 41.9 Å². The molecule has 0 atom stereocenters. The monoisotopic (exact) mass is 298 g/mol. The molecule has 0 bridgehead atoms. The Kier molecular flexibility index (Phi) is 4.46. The van der Waals surface area contributed by atoms with Crippen LogP contribution in [0.3, 0.4) is 0 Å². The predicted molar refractivity (Wildman–Crippen MR) is 85.9 cm³/mol.